The zero-order valence-corrected chi connectivity index (χ0v) is 11.0. The van der Waals surface area contributed by atoms with E-state index in [2.05, 4.69) is 65.4 Å². The van der Waals surface area contributed by atoms with Crippen molar-refractivity contribution in [3.05, 3.63) is 78.5 Å². The number of rotatable bonds is 2. The lowest BCUT2D eigenvalue weighted by Crippen LogP contribution is -1.98. The highest BCUT2D eigenvalue weighted by atomic mass is 15.0. The zero-order chi connectivity index (χ0) is 13.4. The Morgan fingerprint density at radius 1 is 0.800 bits per heavy atom. The number of benzene rings is 2. The van der Waals surface area contributed by atoms with E-state index in [4.69, 9.17) is 4.98 Å². The van der Waals surface area contributed by atoms with E-state index in [0.717, 1.165) is 17.7 Å². The Kier molecular flexibility index (Phi) is 2.52. The second-order valence-electron chi connectivity index (χ2n) is 5.02. The highest BCUT2D eigenvalue weighted by molar-refractivity contribution is 5.91. The molecule has 2 aromatic carbocycles. The lowest BCUT2D eigenvalue weighted by Gasteiger charge is -2.05. The van der Waals surface area contributed by atoms with E-state index >= 15 is 0 Å². The molecule has 0 saturated carbocycles. The molecule has 2 aromatic heterocycles. The van der Waals surface area contributed by atoms with Crippen LogP contribution < -0.4 is 0 Å². The van der Waals surface area contributed by atoms with Crippen LogP contribution in [0.2, 0.25) is 0 Å². The molecule has 0 aliphatic rings. The molecule has 0 radical (unpaired) electrons. The van der Waals surface area contributed by atoms with Gasteiger partial charge in [0.25, 0.3) is 0 Å². The topological polar surface area (TPSA) is 17.8 Å². The van der Waals surface area contributed by atoms with Crippen molar-refractivity contribution in [3.8, 4) is 0 Å². The molecule has 0 atom stereocenters. The molecular weight excluding hydrogens is 244 g/mol. The van der Waals surface area contributed by atoms with E-state index in [0.29, 0.717) is 0 Å². The first kappa shape index (κ1) is 11.2. The van der Waals surface area contributed by atoms with Crippen LogP contribution in [0.3, 0.4) is 0 Å². The molecule has 0 amide bonds. The molecule has 4 aromatic rings. The minimum Gasteiger partial charge on any atom is -0.328 e. The van der Waals surface area contributed by atoms with Gasteiger partial charge in [0, 0.05) is 23.5 Å². The van der Waals surface area contributed by atoms with Crippen molar-refractivity contribution in [2.45, 2.75) is 6.54 Å². The van der Waals surface area contributed by atoms with Crippen molar-refractivity contribution < 1.29 is 0 Å². The summed E-state index contributed by atoms with van der Waals surface area (Å²) < 4.78 is 2.21. The number of aromatic nitrogens is 2. The second-order valence-corrected chi connectivity index (χ2v) is 5.02. The molecule has 0 saturated heterocycles. The largest absolute Gasteiger partial charge is 0.328 e. The third-order valence-electron chi connectivity index (χ3n) is 3.63. The maximum Gasteiger partial charge on any atom is 0.140 e. The van der Waals surface area contributed by atoms with Gasteiger partial charge in [-0.25, -0.2) is 4.98 Å². The third kappa shape index (κ3) is 1.86. The number of hydrogen-bond acceptors (Lipinski definition) is 1. The summed E-state index contributed by atoms with van der Waals surface area (Å²) in [6, 6.07) is 23.1. The Morgan fingerprint density at radius 2 is 1.60 bits per heavy atom. The molecule has 0 spiro atoms. The molecule has 0 bridgehead atoms. The van der Waals surface area contributed by atoms with Crippen molar-refractivity contribution in [2.75, 3.05) is 0 Å². The SMILES string of the molecule is c1ccc(Cn2ccc3cc4ccccc4nc32)cc1. The standard InChI is InChI=1S/C18H14N2/c1-2-6-14(7-3-1)13-20-11-10-16-12-15-8-4-5-9-17(15)19-18(16)20/h1-12H,13H2. The number of pyridine rings is 1. The summed E-state index contributed by atoms with van der Waals surface area (Å²) in [6.45, 7) is 0.857. The van der Waals surface area contributed by atoms with Gasteiger partial charge >= 0.3 is 0 Å². The zero-order valence-electron chi connectivity index (χ0n) is 11.0. The second kappa shape index (κ2) is 4.49. The summed E-state index contributed by atoms with van der Waals surface area (Å²) in [6.07, 6.45) is 2.11. The lowest BCUT2D eigenvalue weighted by molar-refractivity contribution is 0.827. The van der Waals surface area contributed by atoms with E-state index in [1.807, 2.05) is 12.1 Å². The number of nitrogens with zero attached hydrogens (tertiary/aromatic N) is 2. The predicted molar refractivity (Wildman–Crippen MR) is 82.8 cm³/mol. The number of para-hydroxylation sites is 1. The minimum absolute atomic E-state index is 0.857. The van der Waals surface area contributed by atoms with Gasteiger partial charge in [0.2, 0.25) is 0 Å². The number of hydrogen-bond donors (Lipinski definition) is 0. The molecule has 0 aliphatic carbocycles. The van der Waals surface area contributed by atoms with Crippen molar-refractivity contribution in [1.29, 1.82) is 0 Å². The average Bonchev–Trinajstić information content (AvgIpc) is 2.88. The predicted octanol–water partition coefficient (Wildman–Crippen LogP) is 4.24. The highest BCUT2D eigenvalue weighted by Gasteiger charge is 2.05. The van der Waals surface area contributed by atoms with Crippen LogP contribution in [0, 0.1) is 0 Å². The van der Waals surface area contributed by atoms with Crippen molar-refractivity contribution in [1.82, 2.24) is 9.55 Å². The fraction of sp³-hybridized carbons (Fsp3) is 0.0556. The average molecular weight is 258 g/mol. The van der Waals surface area contributed by atoms with Crippen LogP contribution in [-0.4, -0.2) is 9.55 Å². The van der Waals surface area contributed by atoms with Crippen LogP contribution in [0.5, 0.6) is 0 Å². The van der Waals surface area contributed by atoms with E-state index in [9.17, 15) is 0 Å². The highest BCUT2D eigenvalue weighted by Crippen LogP contribution is 2.21. The summed E-state index contributed by atoms with van der Waals surface area (Å²) in [5, 5.41) is 2.39. The monoisotopic (exact) mass is 258 g/mol. The quantitative estimate of drug-likeness (QED) is 0.526. The molecule has 0 aliphatic heterocycles. The van der Waals surface area contributed by atoms with Crippen molar-refractivity contribution in [3.63, 3.8) is 0 Å². The summed E-state index contributed by atoms with van der Waals surface area (Å²) in [4.78, 5) is 4.80. The van der Waals surface area contributed by atoms with Crippen LogP contribution >= 0.6 is 0 Å². The fourth-order valence-corrected chi connectivity index (χ4v) is 2.62. The third-order valence-corrected chi connectivity index (χ3v) is 3.63. The Labute approximate surface area is 117 Å². The molecule has 20 heavy (non-hydrogen) atoms. The first-order valence-electron chi connectivity index (χ1n) is 6.79. The molecule has 2 nitrogen and oxygen atoms in total. The van der Waals surface area contributed by atoms with Crippen molar-refractivity contribution in [2.24, 2.45) is 0 Å². The Morgan fingerprint density at radius 3 is 2.50 bits per heavy atom. The van der Waals surface area contributed by atoms with Crippen LogP contribution in [0.4, 0.5) is 0 Å². The first-order valence-corrected chi connectivity index (χ1v) is 6.79. The maximum atomic E-state index is 4.80. The summed E-state index contributed by atoms with van der Waals surface area (Å²) in [5.41, 5.74) is 3.39. The van der Waals surface area contributed by atoms with Crippen LogP contribution in [0.25, 0.3) is 21.9 Å². The van der Waals surface area contributed by atoms with E-state index in [1.54, 1.807) is 0 Å². The van der Waals surface area contributed by atoms with Crippen LogP contribution in [0.15, 0.2) is 72.9 Å². The van der Waals surface area contributed by atoms with Crippen molar-refractivity contribution >= 4 is 21.9 Å². The van der Waals surface area contributed by atoms with Crippen LogP contribution in [-0.2, 0) is 6.54 Å². The molecule has 4 rings (SSSR count). The Balaban J connectivity index is 1.86. The molecule has 0 unspecified atom stereocenters. The van der Waals surface area contributed by atoms with Gasteiger partial charge in [-0.3, -0.25) is 0 Å². The summed E-state index contributed by atoms with van der Waals surface area (Å²) in [5.74, 6) is 0. The minimum atomic E-state index is 0.857. The normalized spacial score (nSPS) is 11.2. The van der Waals surface area contributed by atoms with Gasteiger partial charge in [0.1, 0.15) is 5.65 Å². The molecule has 0 fully saturated rings. The summed E-state index contributed by atoms with van der Waals surface area (Å²) >= 11 is 0. The van der Waals surface area contributed by atoms with E-state index < -0.39 is 0 Å². The van der Waals surface area contributed by atoms with Gasteiger partial charge in [-0.15, -0.1) is 0 Å². The first-order chi connectivity index (χ1) is 9.90. The summed E-state index contributed by atoms with van der Waals surface area (Å²) in [7, 11) is 0. The smallest absolute Gasteiger partial charge is 0.140 e. The van der Waals surface area contributed by atoms with Gasteiger partial charge in [-0.2, -0.15) is 0 Å². The molecule has 0 N–H and O–H groups in total. The van der Waals surface area contributed by atoms with Gasteiger partial charge in [-0.1, -0.05) is 48.5 Å². The fourth-order valence-electron chi connectivity index (χ4n) is 2.62. The Bertz CT molecular complexity index is 876. The number of fused-ring (bicyclic) bond motifs is 2. The molecular formula is C18H14N2. The maximum absolute atomic E-state index is 4.80. The Hall–Kier alpha value is -2.61. The van der Waals surface area contributed by atoms with Gasteiger partial charge < -0.3 is 4.57 Å². The van der Waals surface area contributed by atoms with Gasteiger partial charge in [-0.05, 0) is 23.8 Å². The van der Waals surface area contributed by atoms with E-state index in [-0.39, 0.29) is 0 Å². The van der Waals surface area contributed by atoms with Crippen LogP contribution in [0.1, 0.15) is 5.56 Å². The molecule has 2 heteroatoms. The molecule has 2 heterocycles. The van der Waals surface area contributed by atoms with E-state index in [1.165, 1.54) is 16.3 Å². The molecule has 96 valence electrons. The van der Waals surface area contributed by atoms with Gasteiger partial charge in [0.15, 0.2) is 0 Å². The lowest BCUT2D eigenvalue weighted by atomic mass is 10.2. The van der Waals surface area contributed by atoms with Gasteiger partial charge in [0.05, 0.1) is 5.52 Å².